The smallest absolute Gasteiger partial charge is 0.251 e. The Morgan fingerprint density at radius 1 is 1.07 bits per heavy atom. The highest BCUT2D eigenvalue weighted by Crippen LogP contribution is 2.25. The van der Waals surface area contributed by atoms with E-state index in [1.54, 1.807) is 18.7 Å². The summed E-state index contributed by atoms with van der Waals surface area (Å²) in [6.45, 7) is 0. The van der Waals surface area contributed by atoms with Crippen LogP contribution in [0.3, 0.4) is 0 Å². The molecule has 2 aromatic carbocycles. The van der Waals surface area contributed by atoms with E-state index >= 15 is 0 Å². The van der Waals surface area contributed by atoms with Crippen molar-refractivity contribution in [1.82, 2.24) is 19.9 Å². The van der Waals surface area contributed by atoms with Gasteiger partial charge in [0.25, 0.3) is 5.91 Å². The summed E-state index contributed by atoms with van der Waals surface area (Å²) in [6.07, 6.45) is 2.47. The summed E-state index contributed by atoms with van der Waals surface area (Å²) in [6, 6.07) is 19.3. The first-order valence-electron chi connectivity index (χ1n) is 8.98. The number of hydrogen-bond donors (Lipinski definition) is 1. The number of pyridine rings is 1. The van der Waals surface area contributed by atoms with Gasteiger partial charge in [0.15, 0.2) is 11.5 Å². The number of benzene rings is 2. The molecule has 6 nitrogen and oxygen atoms in total. The number of fused-ring (bicyclic) bond motifs is 1. The molecule has 0 spiro atoms. The molecule has 140 valence electrons. The van der Waals surface area contributed by atoms with E-state index in [-0.39, 0.29) is 5.91 Å². The minimum atomic E-state index is -0.105. The van der Waals surface area contributed by atoms with Gasteiger partial charge in [-0.1, -0.05) is 30.3 Å². The van der Waals surface area contributed by atoms with Crippen molar-refractivity contribution in [3.05, 3.63) is 83.8 Å². The Bertz CT molecular complexity index is 1130. The number of nitrogens with zero attached hydrogens (tertiary/aromatic N) is 3. The molecular weight excluding hydrogens is 352 g/mol. The highest BCUT2D eigenvalue weighted by atomic mass is 16.5. The molecule has 0 saturated carbocycles. The molecule has 4 rings (SSSR count). The molecule has 2 heterocycles. The van der Waals surface area contributed by atoms with Crippen LogP contribution in [0.25, 0.3) is 16.8 Å². The number of amides is 1. The zero-order chi connectivity index (χ0) is 19.5. The molecule has 0 saturated heterocycles. The van der Waals surface area contributed by atoms with Crippen molar-refractivity contribution in [1.29, 1.82) is 0 Å². The van der Waals surface area contributed by atoms with E-state index in [1.165, 1.54) is 0 Å². The minimum absolute atomic E-state index is 0.105. The molecule has 2 aromatic heterocycles. The minimum Gasteiger partial charge on any atom is -0.496 e. The molecule has 4 aromatic rings. The van der Waals surface area contributed by atoms with E-state index < -0.39 is 0 Å². The Morgan fingerprint density at radius 2 is 1.86 bits per heavy atom. The van der Waals surface area contributed by atoms with Gasteiger partial charge in [0, 0.05) is 36.4 Å². The summed E-state index contributed by atoms with van der Waals surface area (Å²) >= 11 is 0. The second kappa shape index (κ2) is 7.52. The molecule has 28 heavy (non-hydrogen) atoms. The van der Waals surface area contributed by atoms with Gasteiger partial charge in [0.2, 0.25) is 0 Å². The summed E-state index contributed by atoms with van der Waals surface area (Å²) in [4.78, 5) is 16.5. The topological polar surface area (TPSA) is 68.5 Å². The van der Waals surface area contributed by atoms with Crippen molar-refractivity contribution in [3.8, 4) is 16.9 Å². The first-order chi connectivity index (χ1) is 13.7. The van der Waals surface area contributed by atoms with Gasteiger partial charge in [-0.15, -0.1) is 0 Å². The number of rotatable bonds is 5. The normalized spacial score (nSPS) is 10.8. The number of methoxy groups -OCH3 is 1. The molecule has 0 aliphatic heterocycles. The fraction of sp³-hybridized carbons (Fsp3) is 0.136. The molecule has 0 radical (unpaired) electrons. The van der Waals surface area contributed by atoms with Crippen molar-refractivity contribution in [3.63, 3.8) is 0 Å². The van der Waals surface area contributed by atoms with E-state index in [2.05, 4.69) is 10.4 Å². The predicted molar refractivity (Wildman–Crippen MR) is 108 cm³/mol. The van der Waals surface area contributed by atoms with Gasteiger partial charge in [0.05, 0.1) is 7.11 Å². The lowest BCUT2D eigenvalue weighted by Gasteiger charge is -2.05. The molecule has 1 N–H and O–H groups in total. The predicted octanol–water partition coefficient (Wildman–Crippen LogP) is 3.36. The van der Waals surface area contributed by atoms with Crippen LogP contribution in [0.5, 0.6) is 5.75 Å². The molecular formula is C22H20N4O2. The van der Waals surface area contributed by atoms with Crippen LogP contribution in [-0.2, 0) is 6.42 Å². The maximum absolute atomic E-state index is 11.8. The SMILES string of the molecule is CNC(=O)c1ccc(-c2cccn3nc(Cc4ccccc4OC)nc23)cc1. The van der Waals surface area contributed by atoms with Gasteiger partial charge < -0.3 is 10.1 Å². The Morgan fingerprint density at radius 3 is 2.61 bits per heavy atom. The van der Waals surface area contributed by atoms with Gasteiger partial charge in [-0.25, -0.2) is 9.50 Å². The van der Waals surface area contributed by atoms with Crippen LogP contribution < -0.4 is 10.1 Å². The third kappa shape index (κ3) is 3.32. The van der Waals surface area contributed by atoms with Crippen LogP contribution in [0.1, 0.15) is 21.7 Å². The lowest BCUT2D eigenvalue weighted by Crippen LogP contribution is -2.17. The van der Waals surface area contributed by atoms with Gasteiger partial charge >= 0.3 is 0 Å². The molecule has 0 atom stereocenters. The lowest BCUT2D eigenvalue weighted by molar-refractivity contribution is 0.0963. The van der Waals surface area contributed by atoms with Crippen LogP contribution in [0, 0.1) is 0 Å². The molecule has 0 aliphatic rings. The molecule has 6 heteroatoms. The Kier molecular flexibility index (Phi) is 4.76. The number of ether oxygens (including phenoxy) is 1. The Hall–Kier alpha value is -3.67. The summed E-state index contributed by atoms with van der Waals surface area (Å²) in [5.74, 6) is 1.44. The van der Waals surface area contributed by atoms with Crippen LogP contribution in [0.2, 0.25) is 0 Å². The van der Waals surface area contributed by atoms with Crippen LogP contribution in [0.4, 0.5) is 0 Å². The Labute approximate surface area is 162 Å². The van der Waals surface area contributed by atoms with E-state index in [4.69, 9.17) is 9.72 Å². The summed E-state index contributed by atoms with van der Waals surface area (Å²) in [5, 5.41) is 7.24. The summed E-state index contributed by atoms with van der Waals surface area (Å²) in [5.41, 5.74) is 4.38. The van der Waals surface area contributed by atoms with E-state index in [0.29, 0.717) is 12.0 Å². The summed E-state index contributed by atoms with van der Waals surface area (Å²) < 4.78 is 7.21. The largest absolute Gasteiger partial charge is 0.496 e. The van der Waals surface area contributed by atoms with Crippen molar-refractivity contribution in [2.75, 3.05) is 14.2 Å². The average Bonchev–Trinajstić information content (AvgIpc) is 3.16. The van der Waals surface area contributed by atoms with E-state index in [0.717, 1.165) is 33.9 Å². The lowest BCUT2D eigenvalue weighted by atomic mass is 10.0. The Balaban J connectivity index is 1.70. The fourth-order valence-corrected chi connectivity index (χ4v) is 3.22. The van der Waals surface area contributed by atoms with Crippen molar-refractivity contribution >= 4 is 11.6 Å². The second-order valence-corrected chi connectivity index (χ2v) is 6.36. The van der Waals surface area contributed by atoms with Crippen molar-refractivity contribution in [2.24, 2.45) is 0 Å². The first kappa shape index (κ1) is 17.7. The molecule has 0 bridgehead atoms. The van der Waals surface area contributed by atoms with Crippen LogP contribution >= 0.6 is 0 Å². The molecule has 0 fully saturated rings. The van der Waals surface area contributed by atoms with Crippen LogP contribution in [-0.4, -0.2) is 34.7 Å². The number of nitrogens with one attached hydrogen (secondary N) is 1. The zero-order valence-electron chi connectivity index (χ0n) is 15.7. The number of aromatic nitrogens is 3. The van der Waals surface area contributed by atoms with Gasteiger partial charge in [-0.2, -0.15) is 5.10 Å². The maximum Gasteiger partial charge on any atom is 0.251 e. The third-order valence-corrected chi connectivity index (χ3v) is 4.63. The maximum atomic E-state index is 11.8. The van der Waals surface area contributed by atoms with E-state index in [9.17, 15) is 4.79 Å². The molecule has 0 unspecified atom stereocenters. The number of carbonyl (C=O) groups excluding carboxylic acids is 1. The van der Waals surface area contributed by atoms with Crippen molar-refractivity contribution < 1.29 is 9.53 Å². The number of carbonyl (C=O) groups is 1. The highest BCUT2D eigenvalue weighted by molar-refractivity contribution is 5.94. The zero-order valence-corrected chi connectivity index (χ0v) is 15.7. The third-order valence-electron chi connectivity index (χ3n) is 4.63. The number of para-hydroxylation sites is 1. The number of hydrogen-bond acceptors (Lipinski definition) is 4. The van der Waals surface area contributed by atoms with Gasteiger partial charge in [-0.05, 0) is 35.9 Å². The van der Waals surface area contributed by atoms with Gasteiger partial charge in [0.1, 0.15) is 5.75 Å². The fourth-order valence-electron chi connectivity index (χ4n) is 3.22. The quantitative estimate of drug-likeness (QED) is 0.583. The first-order valence-corrected chi connectivity index (χ1v) is 8.98. The van der Waals surface area contributed by atoms with E-state index in [1.807, 2.05) is 66.9 Å². The second-order valence-electron chi connectivity index (χ2n) is 6.36. The monoisotopic (exact) mass is 372 g/mol. The average molecular weight is 372 g/mol. The highest BCUT2D eigenvalue weighted by Gasteiger charge is 2.12. The summed E-state index contributed by atoms with van der Waals surface area (Å²) in [7, 11) is 3.28. The molecule has 0 aliphatic carbocycles. The van der Waals surface area contributed by atoms with Gasteiger partial charge in [-0.3, -0.25) is 4.79 Å². The van der Waals surface area contributed by atoms with Crippen molar-refractivity contribution in [2.45, 2.75) is 6.42 Å². The van der Waals surface area contributed by atoms with Crippen LogP contribution in [0.15, 0.2) is 66.9 Å². The molecule has 1 amide bonds. The standard InChI is InChI=1S/C22H20N4O2/c1-23-22(27)16-11-9-15(10-12-16)18-7-5-13-26-21(18)24-20(25-26)14-17-6-3-4-8-19(17)28-2/h3-13H,14H2,1-2H3,(H,23,27).